The molecule has 0 saturated heterocycles. The maximum absolute atomic E-state index is 13.7. The molecule has 1 aromatic heterocycles. The van der Waals surface area contributed by atoms with Gasteiger partial charge in [0.2, 0.25) is 0 Å². The molecule has 0 bridgehead atoms. The second-order valence-electron chi connectivity index (χ2n) is 10.9. The molecule has 3 aliphatic rings. The Balaban J connectivity index is 1.24. The van der Waals surface area contributed by atoms with Gasteiger partial charge in [0, 0.05) is 36.7 Å². The van der Waals surface area contributed by atoms with Crippen LogP contribution in [0.4, 0.5) is 5.82 Å². The molecule has 0 unspecified atom stereocenters. The third kappa shape index (κ3) is 3.68. The number of fused-ring (bicyclic) bond motifs is 4. The molecule has 0 saturated carbocycles. The number of aromatic nitrogens is 2. The normalized spacial score (nSPS) is 17.1. The van der Waals surface area contributed by atoms with Crippen LogP contribution in [0.25, 0.3) is 5.70 Å². The van der Waals surface area contributed by atoms with Crippen molar-refractivity contribution in [1.29, 1.82) is 0 Å². The molecule has 3 aromatic carbocycles. The van der Waals surface area contributed by atoms with Crippen LogP contribution in [-0.2, 0) is 18.9 Å². The van der Waals surface area contributed by atoms with Crippen molar-refractivity contribution in [3.63, 3.8) is 0 Å². The van der Waals surface area contributed by atoms with E-state index in [1.165, 1.54) is 42.8 Å². The first-order valence-electron chi connectivity index (χ1n) is 13.8. The molecule has 11 heteroatoms. The summed E-state index contributed by atoms with van der Waals surface area (Å²) in [6, 6.07) is 18.6. The van der Waals surface area contributed by atoms with Gasteiger partial charge >= 0.3 is 11.7 Å². The number of esters is 1. The van der Waals surface area contributed by atoms with Crippen LogP contribution >= 0.6 is 0 Å². The topological polar surface area (TPSA) is 137 Å². The van der Waals surface area contributed by atoms with Crippen molar-refractivity contribution in [3.8, 4) is 5.75 Å². The highest BCUT2D eigenvalue weighted by molar-refractivity contribution is 6.24. The number of hydrogen-bond acceptors (Lipinski definition) is 8. The van der Waals surface area contributed by atoms with Crippen molar-refractivity contribution < 1.29 is 23.9 Å². The third-order valence-corrected chi connectivity index (χ3v) is 8.46. The Kier molecular flexibility index (Phi) is 5.89. The van der Waals surface area contributed by atoms with Gasteiger partial charge in [0.25, 0.3) is 17.4 Å². The van der Waals surface area contributed by atoms with E-state index in [0.717, 1.165) is 9.47 Å². The molecule has 7 rings (SSSR count). The van der Waals surface area contributed by atoms with Crippen molar-refractivity contribution in [3.05, 3.63) is 133 Å². The predicted molar refractivity (Wildman–Crippen MR) is 159 cm³/mol. The van der Waals surface area contributed by atoms with Crippen LogP contribution in [0, 0.1) is 0 Å². The number of nitrogens with zero attached hydrogens (tertiary/aromatic N) is 3. The number of benzene rings is 3. The molecule has 2 aliphatic heterocycles. The van der Waals surface area contributed by atoms with Gasteiger partial charge < -0.3 is 10.1 Å². The third-order valence-electron chi connectivity index (χ3n) is 8.46. The molecule has 4 aromatic rings. The van der Waals surface area contributed by atoms with Crippen LogP contribution in [0.2, 0.25) is 0 Å². The summed E-state index contributed by atoms with van der Waals surface area (Å²) in [7, 11) is 2.94. The van der Waals surface area contributed by atoms with Gasteiger partial charge in [0.1, 0.15) is 17.6 Å². The minimum Gasteiger partial charge on any atom is -0.425 e. The maximum Gasteiger partial charge on any atom is 0.334 e. The number of carbonyl (C=O) groups is 4. The van der Waals surface area contributed by atoms with Gasteiger partial charge in [-0.2, -0.15) is 0 Å². The van der Waals surface area contributed by atoms with E-state index in [1.807, 2.05) is 12.1 Å². The zero-order valence-corrected chi connectivity index (χ0v) is 23.8. The Hall–Kier alpha value is -5.84. The number of ketones is 1. The number of ether oxygens (including phenoxy) is 1. The summed E-state index contributed by atoms with van der Waals surface area (Å²) in [4.78, 5) is 79.7. The van der Waals surface area contributed by atoms with Gasteiger partial charge in [-0.15, -0.1) is 0 Å². The fourth-order valence-electron chi connectivity index (χ4n) is 6.19. The lowest BCUT2D eigenvalue weighted by Crippen LogP contribution is -2.44. The number of nitrogens with one attached hydrogen (secondary N) is 1. The van der Waals surface area contributed by atoms with Crippen LogP contribution in [0.5, 0.6) is 5.75 Å². The predicted octanol–water partition coefficient (Wildman–Crippen LogP) is 2.84. The number of rotatable bonds is 4. The minimum absolute atomic E-state index is 0.139. The second-order valence-corrected chi connectivity index (χ2v) is 10.9. The SMILES string of the molecule is C[C@H](C(=O)Oc1ccc([C@@H]2C3=C(Nc4c2c(=O)n(C)c(=O)n4C)c2ccccc2C3=O)cc1)N1C(=O)c2ccccc2C1=O. The minimum atomic E-state index is -1.19. The molecule has 0 fully saturated rings. The highest BCUT2D eigenvalue weighted by Gasteiger charge is 2.43. The van der Waals surface area contributed by atoms with Gasteiger partial charge in [-0.3, -0.25) is 33.2 Å². The maximum atomic E-state index is 13.7. The first-order chi connectivity index (χ1) is 21.1. The Morgan fingerprint density at radius 3 is 1.95 bits per heavy atom. The van der Waals surface area contributed by atoms with Crippen molar-refractivity contribution in [2.45, 2.75) is 18.9 Å². The molecule has 2 atom stereocenters. The molecular formula is C33H24N4O7. The quantitative estimate of drug-likeness (QED) is 0.218. The summed E-state index contributed by atoms with van der Waals surface area (Å²) in [6.07, 6.45) is 0. The molecule has 3 heterocycles. The molecule has 44 heavy (non-hydrogen) atoms. The Morgan fingerprint density at radius 2 is 1.34 bits per heavy atom. The van der Waals surface area contributed by atoms with Gasteiger partial charge in [0.05, 0.1) is 22.4 Å². The number of imide groups is 1. The van der Waals surface area contributed by atoms with E-state index in [0.29, 0.717) is 28.0 Å². The lowest BCUT2D eigenvalue weighted by molar-refractivity contribution is -0.138. The zero-order chi connectivity index (χ0) is 31.0. The van der Waals surface area contributed by atoms with E-state index >= 15 is 0 Å². The highest BCUT2D eigenvalue weighted by Crippen LogP contribution is 2.48. The molecule has 0 radical (unpaired) electrons. The van der Waals surface area contributed by atoms with Crippen LogP contribution in [0.3, 0.4) is 0 Å². The summed E-state index contributed by atoms with van der Waals surface area (Å²) in [5, 5.41) is 3.19. The van der Waals surface area contributed by atoms with E-state index < -0.39 is 41.0 Å². The molecule has 11 nitrogen and oxygen atoms in total. The zero-order valence-electron chi connectivity index (χ0n) is 23.8. The number of anilines is 1. The standard InChI is InChI=1S/C33H24N4O7/c1-16(37-29(39)21-10-6-7-11-22(21)30(37)40)32(42)44-18-14-12-17(13-15-18)23-24-26(19-8-4-5-9-20(19)27(24)38)34-28-25(23)31(41)36(3)33(43)35(28)2/h4-16,23,34H,1-3H3/t16-,23-/m1/s1. The number of hydrogen-bond donors (Lipinski definition) is 1. The largest absolute Gasteiger partial charge is 0.425 e. The van der Waals surface area contributed by atoms with E-state index in [4.69, 9.17) is 4.74 Å². The fourth-order valence-corrected chi connectivity index (χ4v) is 6.19. The van der Waals surface area contributed by atoms with Gasteiger partial charge in [-0.05, 0) is 36.8 Å². The van der Waals surface area contributed by atoms with Gasteiger partial charge in [0.15, 0.2) is 5.78 Å². The lowest BCUT2D eigenvalue weighted by Gasteiger charge is -2.29. The first kappa shape index (κ1) is 27.0. The second kappa shape index (κ2) is 9.60. The summed E-state index contributed by atoms with van der Waals surface area (Å²) >= 11 is 0. The Morgan fingerprint density at radius 1 is 0.773 bits per heavy atom. The van der Waals surface area contributed by atoms with Gasteiger partial charge in [-0.25, -0.2) is 9.59 Å². The Labute approximate surface area is 249 Å². The van der Waals surface area contributed by atoms with E-state index in [9.17, 15) is 28.8 Å². The van der Waals surface area contributed by atoms with Crippen molar-refractivity contribution >= 4 is 35.1 Å². The highest BCUT2D eigenvalue weighted by atomic mass is 16.5. The van der Waals surface area contributed by atoms with E-state index in [-0.39, 0.29) is 34.0 Å². The fraction of sp³-hybridized carbons (Fsp3) is 0.152. The van der Waals surface area contributed by atoms with Crippen molar-refractivity contribution in [2.24, 2.45) is 14.1 Å². The summed E-state index contributed by atoms with van der Waals surface area (Å²) in [5.74, 6) is -2.59. The number of carbonyl (C=O) groups excluding carboxylic acids is 4. The molecule has 2 amide bonds. The molecule has 218 valence electrons. The summed E-state index contributed by atoms with van der Waals surface area (Å²) in [6.45, 7) is 1.42. The smallest absolute Gasteiger partial charge is 0.334 e. The first-order valence-corrected chi connectivity index (χ1v) is 13.8. The molecular weight excluding hydrogens is 564 g/mol. The monoisotopic (exact) mass is 588 g/mol. The Bertz CT molecular complexity index is 2100. The molecule has 1 aliphatic carbocycles. The van der Waals surface area contributed by atoms with Gasteiger partial charge in [-0.1, -0.05) is 48.5 Å². The number of allylic oxidation sites excluding steroid dienone is 1. The van der Waals surface area contributed by atoms with E-state index in [1.54, 1.807) is 43.4 Å². The average molecular weight is 589 g/mol. The van der Waals surface area contributed by atoms with Crippen LogP contribution in [-0.4, -0.2) is 43.6 Å². The number of Topliss-reactive ketones (excluding diaryl/α,β-unsaturated/α-hetero) is 1. The lowest BCUT2D eigenvalue weighted by atomic mass is 9.81. The molecule has 0 spiro atoms. The molecule has 1 N–H and O–H groups in total. The number of amides is 2. The van der Waals surface area contributed by atoms with Crippen molar-refractivity contribution in [2.75, 3.05) is 5.32 Å². The summed E-state index contributed by atoms with van der Waals surface area (Å²) in [5.41, 5.74) is 2.24. The van der Waals surface area contributed by atoms with E-state index in [2.05, 4.69) is 5.32 Å². The van der Waals surface area contributed by atoms with Crippen LogP contribution in [0.15, 0.2) is 88.0 Å². The average Bonchev–Trinajstić information content (AvgIpc) is 3.47. The van der Waals surface area contributed by atoms with Crippen LogP contribution < -0.4 is 21.3 Å². The van der Waals surface area contributed by atoms with Crippen molar-refractivity contribution in [1.82, 2.24) is 14.0 Å². The van der Waals surface area contributed by atoms with Crippen LogP contribution in [0.1, 0.15) is 60.6 Å². The summed E-state index contributed by atoms with van der Waals surface area (Å²) < 4.78 is 7.89.